The molecule has 1 rings (SSSR count). The molecule has 1 aromatic carbocycles. The van der Waals surface area contributed by atoms with Crippen molar-refractivity contribution in [2.75, 3.05) is 5.32 Å². The normalized spacial score (nSPS) is 13.2. The molecule has 0 aliphatic rings. The molecular weight excluding hydrogens is 254 g/mol. The number of carbonyl (C=O) groups excluding carboxylic acids is 1. The summed E-state index contributed by atoms with van der Waals surface area (Å²) in [5.74, 6) is -1.16. The fourth-order valence-corrected chi connectivity index (χ4v) is 1.19. The molecule has 1 amide bonds. The lowest BCUT2D eigenvalue weighted by molar-refractivity contribution is -0.205. The van der Waals surface area contributed by atoms with E-state index in [-0.39, 0.29) is 5.69 Å². The average Bonchev–Trinajstić information content (AvgIpc) is 2.28. The van der Waals surface area contributed by atoms with Crippen molar-refractivity contribution in [3.8, 4) is 0 Å². The van der Waals surface area contributed by atoms with Gasteiger partial charge in [-0.15, -0.1) is 0 Å². The molecule has 1 atom stereocenters. The van der Waals surface area contributed by atoms with Gasteiger partial charge in [0.05, 0.1) is 0 Å². The number of amides is 1. The minimum atomic E-state index is -4.73. The Labute approximate surface area is 100 Å². The highest BCUT2D eigenvalue weighted by Gasteiger charge is 2.37. The summed E-state index contributed by atoms with van der Waals surface area (Å²) in [5.41, 5.74) is 0.280. The number of hydrogen-bond donors (Lipinski definition) is 2. The monoisotopic (exact) mass is 265 g/mol. The maximum Gasteiger partial charge on any atom is 0.414 e. The first-order valence-corrected chi connectivity index (χ1v) is 5.09. The summed E-state index contributed by atoms with van der Waals surface area (Å²) in [6.07, 6.45) is -8.43. The first-order chi connectivity index (χ1) is 8.29. The molecule has 0 saturated heterocycles. The molecule has 0 aliphatic carbocycles. The quantitative estimate of drug-likeness (QED) is 0.822. The molecule has 1 aromatic rings. The second kappa shape index (κ2) is 5.81. The molecule has 0 unspecified atom stereocenters. The maximum atomic E-state index is 12.5. The van der Waals surface area contributed by atoms with Crippen LogP contribution in [-0.4, -0.2) is 23.3 Å². The number of nitrogens with one attached hydrogen (secondary N) is 1. The Morgan fingerprint density at radius 1 is 1.28 bits per heavy atom. The third-order valence-corrected chi connectivity index (χ3v) is 2.15. The predicted octanol–water partition coefficient (Wildman–Crippen LogP) is 2.47. The summed E-state index contributed by atoms with van der Waals surface area (Å²) in [6.45, 7) is 0. The van der Waals surface area contributed by atoms with E-state index >= 15 is 0 Å². The van der Waals surface area contributed by atoms with Crippen molar-refractivity contribution in [1.29, 1.82) is 0 Å². The Morgan fingerprint density at radius 2 is 1.83 bits per heavy atom. The van der Waals surface area contributed by atoms with E-state index in [1.54, 1.807) is 0 Å². The Morgan fingerprint density at radius 3 is 2.33 bits per heavy atom. The highest BCUT2D eigenvalue weighted by Crippen LogP contribution is 2.23. The summed E-state index contributed by atoms with van der Waals surface area (Å²) in [6, 6.07) is 4.79. The Bertz CT molecular complexity index is 402. The van der Waals surface area contributed by atoms with Gasteiger partial charge in [0.15, 0.2) is 0 Å². The van der Waals surface area contributed by atoms with E-state index < -0.39 is 36.8 Å². The molecular formula is C11H11F4NO2. The lowest BCUT2D eigenvalue weighted by Gasteiger charge is -2.13. The molecule has 100 valence electrons. The van der Waals surface area contributed by atoms with E-state index in [1.165, 1.54) is 12.1 Å². The number of benzene rings is 1. The van der Waals surface area contributed by atoms with Gasteiger partial charge in [-0.1, -0.05) is 0 Å². The van der Waals surface area contributed by atoms with E-state index in [0.29, 0.717) is 0 Å². The largest absolute Gasteiger partial charge is 0.414 e. The summed E-state index contributed by atoms with van der Waals surface area (Å²) < 4.78 is 48.4. The third kappa shape index (κ3) is 4.70. The molecule has 0 fully saturated rings. The second-order valence-electron chi connectivity index (χ2n) is 3.65. The van der Waals surface area contributed by atoms with Crippen molar-refractivity contribution < 1.29 is 27.5 Å². The van der Waals surface area contributed by atoms with E-state index in [0.717, 1.165) is 12.1 Å². The lowest BCUT2D eigenvalue weighted by Crippen LogP contribution is -2.29. The topological polar surface area (TPSA) is 49.3 Å². The highest BCUT2D eigenvalue weighted by molar-refractivity contribution is 5.90. The van der Waals surface area contributed by atoms with Gasteiger partial charge in [-0.05, 0) is 30.7 Å². The molecule has 0 aromatic heterocycles. The van der Waals surface area contributed by atoms with Crippen molar-refractivity contribution >= 4 is 11.6 Å². The van der Waals surface area contributed by atoms with Crippen LogP contribution in [0.3, 0.4) is 0 Å². The smallest absolute Gasteiger partial charge is 0.384 e. The number of rotatable bonds is 4. The van der Waals surface area contributed by atoms with Gasteiger partial charge >= 0.3 is 6.18 Å². The molecule has 0 bridgehead atoms. The molecule has 0 heterocycles. The van der Waals surface area contributed by atoms with E-state index in [2.05, 4.69) is 5.32 Å². The van der Waals surface area contributed by atoms with Crippen molar-refractivity contribution in [1.82, 2.24) is 0 Å². The number of alkyl halides is 3. The fraction of sp³-hybridized carbons (Fsp3) is 0.364. The summed E-state index contributed by atoms with van der Waals surface area (Å²) in [4.78, 5) is 11.2. The molecule has 0 spiro atoms. The number of aliphatic hydroxyl groups is 1. The number of hydrogen-bond acceptors (Lipinski definition) is 2. The molecule has 18 heavy (non-hydrogen) atoms. The van der Waals surface area contributed by atoms with Gasteiger partial charge in [-0.2, -0.15) is 13.2 Å². The van der Waals surface area contributed by atoms with Crippen LogP contribution in [-0.2, 0) is 4.79 Å². The second-order valence-corrected chi connectivity index (χ2v) is 3.65. The first-order valence-electron chi connectivity index (χ1n) is 5.09. The van der Waals surface area contributed by atoms with Crippen LogP contribution in [0.5, 0.6) is 0 Å². The van der Waals surface area contributed by atoms with Crippen LogP contribution < -0.4 is 5.32 Å². The molecule has 0 aliphatic heterocycles. The van der Waals surface area contributed by atoms with E-state index in [9.17, 15) is 22.4 Å². The van der Waals surface area contributed by atoms with Crippen molar-refractivity contribution in [2.45, 2.75) is 25.1 Å². The number of anilines is 1. The van der Waals surface area contributed by atoms with Gasteiger partial charge < -0.3 is 10.4 Å². The van der Waals surface area contributed by atoms with Gasteiger partial charge in [0.25, 0.3) is 0 Å². The van der Waals surface area contributed by atoms with Crippen molar-refractivity contribution in [3.05, 3.63) is 30.1 Å². The van der Waals surface area contributed by atoms with Crippen molar-refractivity contribution in [3.63, 3.8) is 0 Å². The first kappa shape index (κ1) is 14.4. The number of aliphatic hydroxyl groups excluding tert-OH is 1. The van der Waals surface area contributed by atoms with Crippen LogP contribution in [0.2, 0.25) is 0 Å². The average molecular weight is 265 g/mol. The summed E-state index contributed by atoms with van der Waals surface area (Å²) in [7, 11) is 0. The molecule has 7 heteroatoms. The van der Waals surface area contributed by atoms with Crippen LogP contribution in [0.15, 0.2) is 24.3 Å². The van der Waals surface area contributed by atoms with Crippen LogP contribution >= 0.6 is 0 Å². The van der Waals surface area contributed by atoms with Crippen molar-refractivity contribution in [2.24, 2.45) is 0 Å². The van der Waals surface area contributed by atoms with E-state index in [1.807, 2.05) is 0 Å². The zero-order valence-electron chi connectivity index (χ0n) is 9.17. The van der Waals surface area contributed by atoms with Gasteiger partial charge in [0.1, 0.15) is 11.9 Å². The Kier molecular flexibility index (Phi) is 4.66. The molecule has 3 nitrogen and oxygen atoms in total. The number of halogens is 4. The standard InChI is InChI=1S/C11H11F4NO2/c12-7-1-3-8(4-2-7)16-10(18)6-5-9(17)11(13,14)15/h1-4,9,17H,5-6H2,(H,16,18)/t9-/m1/s1. The molecule has 0 radical (unpaired) electrons. The van der Waals surface area contributed by atoms with Gasteiger partial charge in [0, 0.05) is 12.1 Å². The zero-order valence-corrected chi connectivity index (χ0v) is 9.17. The molecule has 0 saturated carbocycles. The predicted molar refractivity (Wildman–Crippen MR) is 56.3 cm³/mol. The van der Waals surface area contributed by atoms with Crippen LogP contribution in [0, 0.1) is 5.82 Å². The van der Waals surface area contributed by atoms with Gasteiger partial charge in [-0.3, -0.25) is 4.79 Å². The summed E-state index contributed by atoms with van der Waals surface area (Å²) >= 11 is 0. The summed E-state index contributed by atoms with van der Waals surface area (Å²) in [5, 5.41) is 11.0. The third-order valence-electron chi connectivity index (χ3n) is 2.15. The maximum absolute atomic E-state index is 12.5. The van der Waals surface area contributed by atoms with Gasteiger partial charge in [-0.25, -0.2) is 4.39 Å². The van der Waals surface area contributed by atoms with Crippen LogP contribution in [0.25, 0.3) is 0 Å². The minimum absolute atomic E-state index is 0.280. The van der Waals surface area contributed by atoms with Crippen LogP contribution in [0.4, 0.5) is 23.2 Å². The minimum Gasteiger partial charge on any atom is -0.384 e. The fourth-order valence-electron chi connectivity index (χ4n) is 1.19. The van der Waals surface area contributed by atoms with Crippen LogP contribution in [0.1, 0.15) is 12.8 Å². The zero-order chi connectivity index (χ0) is 13.8. The molecule has 2 N–H and O–H groups in total. The Balaban J connectivity index is 2.41. The highest BCUT2D eigenvalue weighted by atomic mass is 19.4. The lowest BCUT2D eigenvalue weighted by atomic mass is 10.2. The number of carbonyl (C=O) groups is 1. The van der Waals surface area contributed by atoms with E-state index in [4.69, 9.17) is 5.11 Å². The SMILES string of the molecule is O=C(CC[C@@H](O)C(F)(F)F)Nc1ccc(F)cc1. The Hall–Kier alpha value is -1.63. The van der Waals surface area contributed by atoms with Gasteiger partial charge in [0.2, 0.25) is 5.91 Å².